The number of likely N-dealkylation sites (tertiary alicyclic amines) is 1. The second-order valence-electron chi connectivity index (χ2n) is 5.40. The first-order chi connectivity index (χ1) is 9.60. The van der Waals surface area contributed by atoms with Gasteiger partial charge in [0, 0.05) is 25.8 Å². The number of hydrogen-bond donors (Lipinski definition) is 3. The molecule has 4 N–H and O–H groups in total. The van der Waals surface area contributed by atoms with Crippen molar-refractivity contribution in [3.05, 3.63) is 29.8 Å². The van der Waals surface area contributed by atoms with Crippen LogP contribution in [-0.4, -0.2) is 42.6 Å². The van der Waals surface area contributed by atoms with Crippen molar-refractivity contribution < 1.29 is 9.90 Å². The molecule has 0 spiro atoms. The smallest absolute Gasteiger partial charge is 0.224 e. The Morgan fingerprint density at radius 2 is 2.40 bits per heavy atom. The number of nitrogens with zero attached hydrogens (tertiary/aromatic N) is 1. The van der Waals surface area contributed by atoms with Crippen LogP contribution in [0.5, 0.6) is 0 Å². The second kappa shape index (κ2) is 6.72. The van der Waals surface area contributed by atoms with Gasteiger partial charge in [-0.15, -0.1) is 0 Å². The third-order valence-corrected chi connectivity index (χ3v) is 3.85. The maximum absolute atomic E-state index is 11.7. The maximum atomic E-state index is 11.7. The number of amides is 1. The van der Waals surface area contributed by atoms with Crippen LogP contribution in [0.4, 0.5) is 5.69 Å². The van der Waals surface area contributed by atoms with E-state index in [0.29, 0.717) is 18.8 Å². The molecule has 110 valence electrons. The molecular weight excluding hydrogens is 254 g/mol. The van der Waals surface area contributed by atoms with Gasteiger partial charge in [0.2, 0.25) is 5.91 Å². The van der Waals surface area contributed by atoms with Gasteiger partial charge in [-0.1, -0.05) is 12.1 Å². The molecule has 20 heavy (non-hydrogen) atoms. The number of nitrogens with two attached hydrogens (primary N) is 1. The van der Waals surface area contributed by atoms with E-state index in [2.05, 4.69) is 10.2 Å². The third kappa shape index (κ3) is 3.71. The quantitative estimate of drug-likeness (QED) is 0.710. The van der Waals surface area contributed by atoms with E-state index in [1.54, 1.807) is 19.2 Å². The molecule has 2 atom stereocenters. The molecule has 1 aliphatic heterocycles. The van der Waals surface area contributed by atoms with E-state index < -0.39 is 6.10 Å². The average Bonchev–Trinajstić information content (AvgIpc) is 2.46. The molecule has 1 aromatic carbocycles. The molecule has 1 fully saturated rings. The predicted molar refractivity (Wildman–Crippen MR) is 79.0 cm³/mol. The summed E-state index contributed by atoms with van der Waals surface area (Å²) in [6.45, 7) is 2.17. The summed E-state index contributed by atoms with van der Waals surface area (Å²) in [6, 6.07) is 7.32. The molecule has 2 rings (SSSR count). The summed E-state index contributed by atoms with van der Waals surface area (Å²) in [5, 5.41) is 13.0. The van der Waals surface area contributed by atoms with Crippen LogP contribution in [0.2, 0.25) is 0 Å². The van der Waals surface area contributed by atoms with Gasteiger partial charge in [-0.3, -0.25) is 9.69 Å². The van der Waals surface area contributed by atoms with E-state index in [9.17, 15) is 9.90 Å². The van der Waals surface area contributed by atoms with Crippen molar-refractivity contribution in [1.82, 2.24) is 10.2 Å². The Kier molecular flexibility index (Phi) is 4.98. The Morgan fingerprint density at radius 1 is 1.60 bits per heavy atom. The Bertz CT molecular complexity index is 464. The van der Waals surface area contributed by atoms with Gasteiger partial charge in [0.05, 0.1) is 12.0 Å². The number of hydrogen-bond acceptors (Lipinski definition) is 4. The number of anilines is 1. The van der Waals surface area contributed by atoms with Crippen LogP contribution in [-0.2, 0) is 4.79 Å². The zero-order valence-electron chi connectivity index (χ0n) is 11.9. The van der Waals surface area contributed by atoms with Gasteiger partial charge in [-0.2, -0.15) is 0 Å². The van der Waals surface area contributed by atoms with Crippen molar-refractivity contribution in [3.8, 4) is 0 Å². The molecule has 5 nitrogen and oxygen atoms in total. The van der Waals surface area contributed by atoms with Crippen molar-refractivity contribution in [2.75, 3.05) is 32.4 Å². The first kappa shape index (κ1) is 14.8. The normalized spacial score (nSPS) is 21.4. The standard InChI is InChI=1S/C15H23N3O2/c1-17-15(20)12-5-3-7-18(9-12)10-14(19)11-4-2-6-13(16)8-11/h2,4,6,8,12,14,19H,3,5,7,9-10,16H2,1H3,(H,17,20). The molecule has 2 unspecified atom stereocenters. The van der Waals surface area contributed by atoms with Crippen LogP contribution >= 0.6 is 0 Å². The van der Waals surface area contributed by atoms with E-state index in [-0.39, 0.29) is 11.8 Å². The molecule has 1 saturated heterocycles. The molecule has 0 bridgehead atoms. The predicted octanol–water partition coefficient (Wildman–Crippen LogP) is 0.760. The minimum Gasteiger partial charge on any atom is -0.399 e. The number of carbonyl (C=O) groups excluding carboxylic acids is 1. The Balaban J connectivity index is 1.94. The van der Waals surface area contributed by atoms with Gasteiger partial charge in [0.15, 0.2) is 0 Å². The second-order valence-corrected chi connectivity index (χ2v) is 5.40. The molecule has 1 aromatic rings. The molecular formula is C15H23N3O2. The van der Waals surface area contributed by atoms with Gasteiger partial charge >= 0.3 is 0 Å². The summed E-state index contributed by atoms with van der Waals surface area (Å²) in [7, 11) is 1.67. The number of nitrogens with one attached hydrogen (secondary N) is 1. The van der Waals surface area contributed by atoms with Crippen LogP contribution in [0.1, 0.15) is 24.5 Å². The van der Waals surface area contributed by atoms with Crippen molar-refractivity contribution in [2.45, 2.75) is 18.9 Å². The lowest BCUT2D eigenvalue weighted by Crippen LogP contribution is -2.43. The number of aliphatic hydroxyl groups is 1. The summed E-state index contributed by atoms with van der Waals surface area (Å²) in [5.74, 6) is 0.120. The highest BCUT2D eigenvalue weighted by atomic mass is 16.3. The average molecular weight is 277 g/mol. The SMILES string of the molecule is CNC(=O)C1CCCN(CC(O)c2cccc(N)c2)C1. The first-order valence-corrected chi connectivity index (χ1v) is 7.07. The molecule has 0 aliphatic carbocycles. The molecule has 1 amide bonds. The largest absolute Gasteiger partial charge is 0.399 e. The number of piperidine rings is 1. The van der Waals surface area contributed by atoms with E-state index in [0.717, 1.165) is 24.9 Å². The summed E-state index contributed by atoms with van der Waals surface area (Å²) in [5.41, 5.74) is 7.21. The number of aliphatic hydroxyl groups excluding tert-OH is 1. The minimum absolute atomic E-state index is 0.0294. The molecule has 0 aromatic heterocycles. The fraction of sp³-hybridized carbons (Fsp3) is 0.533. The lowest BCUT2D eigenvalue weighted by atomic mass is 9.96. The summed E-state index contributed by atoms with van der Waals surface area (Å²) >= 11 is 0. The van der Waals surface area contributed by atoms with E-state index in [1.165, 1.54) is 0 Å². The highest BCUT2D eigenvalue weighted by Crippen LogP contribution is 2.21. The Morgan fingerprint density at radius 3 is 3.10 bits per heavy atom. The minimum atomic E-state index is -0.568. The van der Waals surface area contributed by atoms with Gasteiger partial charge in [0.1, 0.15) is 0 Å². The lowest BCUT2D eigenvalue weighted by molar-refractivity contribution is -0.126. The van der Waals surface area contributed by atoms with E-state index in [1.807, 2.05) is 12.1 Å². The zero-order chi connectivity index (χ0) is 14.5. The zero-order valence-corrected chi connectivity index (χ0v) is 11.9. The monoisotopic (exact) mass is 277 g/mol. The van der Waals surface area contributed by atoms with Crippen molar-refractivity contribution in [2.24, 2.45) is 5.92 Å². The third-order valence-electron chi connectivity index (χ3n) is 3.85. The van der Waals surface area contributed by atoms with E-state index in [4.69, 9.17) is 5.73 Å². The fourth-order valence-corrected chi connectivity index (χ4v) is 2.76. The van der Waals surface area contributed by atoms with Crippen molar-refractivity contribution in [3.63, 3.8) is 0 Å². The molecule has 5 heteroatoms. The summed E-state index contributed by atoms with van der Waals surface area (Å²) in [6.07, 6.45) is 1.34. The highest BCUT2D eigenvalue weighted by Gasteiger charge is 2.26. The van der Waals surface area contributed by atoms with Gasteiger partial charge < -0.3 is 16.2 Å². The maximum Gasteiger partial charge on any atom is 0.224 e. The van der Waals surface area contributed by atoms with Gasteiger partial charge in [-0.05, 0) is 37.1 Å². The van der Waals surface area contributed by atoms with Crippen LogP contribution in [0.15, 0.2) is 24.3 Å². The molecule has 0 saturated carbocycles. The number of benzene rings is 1. The molecule has 1 aliphatic rings. The van der Waals surface area contributed by atoms with Crippen LogP contribution in [0, 0.1) is 5.92 Å². The van der Waals surface area contributed by atoms with E-state index >= 15 is 0 Å². The van der Waals surface area contributed by atoms with Crippen LogP contribution in [0.3, 0.4) is 0 Å². The Labute approximate surface area is 119 Å². The highest BCUT2D eigenvalue weighted by molar-refractivity contribution is 5.78. The molecule has 1 heterocycles. The van der Waals surface area contributed by atoms with Gasteiger partial charge in [0.25, 0.3) is 0 Å². The lowest BCUT2D eigenvalue weighted by Gasteiger charge is -2.33. The number of rotatable bonds is 4. The number of nitrogen functional groups attached to an aromatic ring is 1. The van der Waals surface area contributed by atoms with Crippen LogP contribution < -0.4 is 11.1 Å². The van der Waals surface area contributed by atoms with Crippen molar-refractivity contribution >= 4 is 11.6 Å². The Hall–Kier alpha value is -1.59. The molecule has 0 radical (unpaired) electrons. The van der Waals surface area contributed by atoms with Gasteiger partial charge in [-0.25, -0.2) is 0 Å². The number of β-amino-alcohol motifs (C(OH)–C–C–N with tert-alkyl or cyclic N) is 1. The topological polar surface area (TPSA) is 78.6 Å². The summed E-state index contributed by atoms with van der Waals surface area (Å²) < 4.78 is 0. The number of carbonyl (C=O) groups is 1. The first-order valence-electron chi connectivity index (χ1n) is 7.07. The van der Waals surface area contributed by atoms with Crippen LogP contribution in [0.25, 0.3) is 0 Å². The fourth-order valence-electron chi connectivity index (χ4n) is 2.76. The summed E-state index contributed by atoms with van der Waals surface area (Å²) in [4.78, 5) is 13.8. The van der Waals surface area contributed by atoms with Crippen molar-refractivity contribution in [1.29, 1.82) is 0 Å².